The number of para-hydroxylation sites is 1. The van der Waals surface area contributed by atoms with Crippen LogP contribution in [-0.4, -0.2) is 25.7 Å². The topological polar surface area (TPSA) is 47.6 Å². The highest BCUT2D eigenvalue weighted by atomic mass is 127. The summed E-state index contributed by atoms with van der Waals surface area (Å²) in [6.45, 7) is 5.03. The van der Waals surface area contributed by atoms with E-state index in [0.29, 0.717) is 5.56 Å². The number of halogens is 1. The molecule has 0 spiro atoms. The molecule has 5 rings (SSSR count). The molecule has 0 saturated carbocycles. The van der Waals surface area contributed by atoms with Crippen molar-refractivity contribution in [3.8, 4) is 5.75 Å². The van der Waals surface area contributed by atoms with Crippen molar-refractivity contribution in [3.63, 3.8) is 0 Å². The van der Waals surface area contributed by atoms with Crippen LogP contribution in [0.15, 0.2) is 78.9 Å². The maximum Gasteiger partial charge on any atom is 0.338 e. The average molecular weight is 606 g/mol. The van der Waals surface area contributed by atoms with Crippen LogP contribution in [0.3, 0.4) is 0 Å². The van der Waals surface area contributed by atoms with E-state index in [1.54, 1.807) is 0 Å². The minimum atomic E-state index is -0.294. The maximum atomic E-state index is 12.3. The van der Waals surface area contributed by atoms with Crippen molar-refractivity contribution >= 4 is 39.3 Å². The molecule has 4 nitrogen and oxygen atoms in total. The molecule has 1 heterocycles. The van der Waals surface area contributed by atoms with Crippen molar-refractivity contribution in [2.75, 3.05) is 13.7 Å². The van der Waals surface area contributed by atoms with Crippen molar-refractivity contribution in [3.05, 3.63) is 110 Å². The number of ether oxygens (including phenoxy) is 2. The summed E-state index contributed by atoms with van der Waals surface area (Å²) in [7, 11) is 1.43. The van der Waals surface area contributed by atoms with Crippen LogP contribution in [0.1, 0.15) is 64.3 Å². The van der Waals surface area contributed by atoms with Gasteiger partial charge in [0.15, 0.2) is 0 Å². The van der Waals surface area contributed by atoms with E-state index < -0.39 is 0 Å². The number of nitrogens with one attached hydrogen (secondary N) is 1. The van der Waals surface area contributed by atoms with E-state index in [1.165, 1.54) is 32.6 Å². The van der Waals surface area contributed by atoms with Gasteiger partial charge in [0, 0.05) is 21.1 Å². The van der Waals surface area contributed by atoms with Crippen LogP contribution in [0.2, 0.25) is 0 Å². The highest BCUT2D eigenvalue weighted by molar-refractivity contribution is 14.1. The zero-order valence-corrected chi connectivity index (χ0v) is 23.6. The molecule has 0 aliphatic carbocycles. The van der Waals surface area contributed by atoms with Gasteiger partial charge in [-0.05, 0) is 101 Å². The van der Waals surface area contributed by atoms with Crippen LogP contribution in [-0.2, 0) is 4.74 Å². The van der Waals surface area contributed by atoms with Gasteiger partial charge in [-0.1, -0.05) is 60.7 Å². The lowest BCUT2D eigenvalue weighted by molar-refractivity contribution is 0.0599. The lowest BCUT2D eigenvalue weighted by Crippen LogP contribution is -2.31. The Bertz CT molecular complexity index is 1430. The number of carbonyl (C=O) groups is 1. The van der Waals surface area contributed by atoms with Gasteiger partial charge in [0.05, 0.1) is 12.7 Å². The van der Waals surface area contributed by atoms with Crippen molar-refractivity contribution in [1.29, 1.82) is 0 Å². The predicted octanol–water partition coefficient (Wildman–Crippen LogP) is 7.56. The Morgan fingerprint density at radius 1 is 1.05 bits per heavy atom. The van der Waals surface area contributed by atoms with E-state index in [-0.39, 0.29) is 24.0 Å². The van der Waals surface area contributed by atoms with Gasteiger partial charge in [0.25, 0.3) is 0 Å². The normalized spacial score (nSPS) is 17.6. The fraction of sp³-hybridized carbons (Fsp3) is 0.281. The first kappa shape index (κ1) is 25.7. The average Bonchev–Trinajstić information content (AvgIpc) is 2.93. The first-order valence-electron chi connectivity index (χ1n) is 12.8. The van der Waals surface area contributed by atoms with Crippen LogP contribution in [0, 0.1) is 10.5 Å². The van der Waals surface area contributed by atoms with Gasteiger partial charge in [-0.25, -0.2) is 4.79 Å². The number of carbonyl (C=O) groups excluding carboxylic acids is 1. The number of aryl methyl sites for hydroxylation is 1. The molecule has 4 aromatic rings. The molecule has 1 aliphatic rings. The third-order valence-electron chi connectivity index (χ3n) is 7.44. The van der Waals surface area contributed by atoms with Gasteiger partial charge in [-0.2, -0.15) is 0 Å². The lowest BCUT2D eigenvalue weighted by Gasteiger charge is -2.33. The second-order valence-electron chi connectivity index (χ2n) is 9.78. The van der Waals surface area contributed by atoms with Gasteiger partial charge in [0.2, 0.25) is 0 Å². The zero-order chi connectivity index (χ0) is 25.9. The number of hydrogen-bond acceptors (Lipinski definition) is 4. The van der Waals surface area contributed by atoms with Gasteiger partial charge >= 0.3 is 5.97 Å². The molecule has 190 valence electrons. The number of esters is 1. The Labute approximate surface area is 232 Å². The minimum absolute atomic E-state index is 0.0796. The molecule has 1 aliphatic heterocycles. The van der Waals surface area contributed by atoms with Crippen LogP contribution in [0.4, 0.5) is 0 Å². The second kappa shape index (κ2) is 11.2. The van der Waals surface area contributed by atoms with Gasteiger partial charge < -0.3 is 14.8 Å². The van der Waals surface area contributed by atoms with Crippen LogP contribution >= 0.6 is 22.6 Å². The third-order valence-corrected chi connectivity index (χ3v) is 8.38. The monoisotopic (exact) mass is 605 g/mol. The lowest BCUT2D eigenvalue weighted by atomic mass is 9.82. The summed E-state index contributed by atoms with van der Waals surface area (Å²) in [6, 6.07) is 27.7. The van der Waals surface area contributed by atoms with E-state index in [9.17, 15) is 4.79 Å². The quantitative estimate of drug-likeness (QED) is 0.175. The molecule has 0 unspecified atom stereocenters. The molecule has 3 atom stereocenters. The Balaban J connectivity index is 1.32. The van der Waals surface area contributed by atoms with E-state index in [4.69, 9.17) is 9.47 Å². The first-order chi connectivity index (χ1) is 18.0. The molecule has 5 heteroatoms. The summed E-state index contributed by atoms with van der Waals surface area (Å²) in [4.78, 5) is 12.3. The SMILES string of the molecule is COC(=O)c1cc([C@H]2C[C@@H](CCN[C@H](C)c3ccc(I)c4ccccc34)Oc3ccccc32)ccc1C. The Morgan fingerprint density at radius 2 is 1.81 bits per heavy atom. The summed E-state index contributed by atoms with van der Waals surface area (Å²) in [5.41, 5.74) is 5.16. The highest BCUT2D eigenvalue weighted by Gasteiger charge is 2.30. The minimum Gasteiger partial charge on any atom is -0.490 e. The number of rotatable bonds is 7. The van der Waals surface area contributed by atoms with E-state index in [2.05, 4.69) is 95.5 Å². The van der Waals surface area contributed by atoms with Crippen molar-refractivity contribution < 1.29 is 14.3 Å². The van der Waals surface area contributed by atoms with Crippen LogP contribution in [0.25, 0.3) is 10.8 Å². The smallest absolute Gasteiger partial charge is 0.338 e. The maximum absolute atomic E-state index is 12.3. The number of fused-ring (bicyclic) bond motifs is 2. The van der Waals surface area contributed by atoms with E-state index in [0.717, 1.165) is 36.3 Å². The summed E-state index contributed by atoms with van der Waals surface area (Å²) in [6.07, 6.45) is 1.84. The third kappa shape index (κ3) is 5.39. The fourth-order valence-electron chi connectivity index (χ4n) is 5.41. The standard InChI is InChI=1S/C32H32INO3/c1-20-12-13-22(18-28(20)32(35)36-3)29-19-23(37-31-11-7-6-10-27(29)31)16-17-34-21(2)24-14-15-30(33)26-9-5-4-8-25(24)26/h4-15,18,21,23,29,34H,16-17,19H2,1-3H3/t21-,23-,29-/m1/s1. The van der Waals surface area contributed by atoms with Crippen LogP contribution < -0.4 is 10.1 Å². The number of hydrogen-bond donors (Lipinski definition) is 1. The molecule has 0 saturated heterocycles. The molecule has 0 aromatic heterocycles. The van der Waals surface area contributed by atoms with E-state index >= 15 is 0 Å². The molecule has 0 bridgehead atoms. The first-order valence-corrected chi connectivity index (χ1v) is 13.9. The predicted molar refractivity (Wildman–Crippen MR) is 158 cm³/mol. The second-order valence-corrected chi connectivity index (χ2v) is 10.9. The molecule has 0 radical (unpaired) electrons. The van der Waals surface area contributed by atoms with E-state index in [1.807, 2.05) is 25.1 Å². The Morgan fingerprint density at radius 3 is 2.62 bits per heavy atom. The van der Waals surface area contributed by atoms with Crippen molar-refractivity contribution in [2.24, 2.45) is 0 Å². The van der Waals surface area contributed by atoms with Gasteiger partial charge in [-0.15, -0.1) is 0 Å². The van der Waals surface area contributed by atoms with Crippen molar-refractivity contribution in [2.45, 2.75) is 44.8 Å². The van der Waals surface area contributed by atoms with Gasteiger partial charge in [0.1, 0.15) is 11.9 Å². The Kier molecular flexibility index (Phi) is 7.81. The molecule has 4 aromatic carbocycles. The summed E-state index contributed by atoms with van der Waals surface area (Å²) >= 11 is 2.41. The summed E-state index contributed by atoms with van der Waals surface area (Å²) < 4.78 is 12.7. The zero-order valence-electron chi connectivity index (χ0n) is 21.5. The molecule has 1 N–H and O–H groups in total. The molecular weight excluding hydrogens is 573 g/mol. The fourth-order valence-corrected chi connectivity index (χ4v) is 6.06. The van der Waals surface area contributed by atoms with Crippen molar-refractivity contribution in [1.82, 2.24) is 5.32 Å². The summed E-state index contributed by atoms with van der Waals surface area (Å²) in [5, 5.41) is 6.34. The number of benzene rings is 4. The number of methoxy groups -OCH3 is 1. The van der Waals surface area contributed by atoms with Crippen LogP contribution in [0.5, 0.6) is 5.75 Å². The molecule has 0 fully saturated rings. The molecule has 37 heavy (non-hydrogen) atoms. The van der Waals surface area contributed by atoms with Gasteiger partial charge in [-0.3, -0.25) is 0 Å². The highest BCUT2D eigenvalue weighted by Crippen LogP contribution is 2.41. The molecule has 0 amide bonds. The summed E-state index contributed by atoms with van der Waals surface area (Å²) in [5.74, 6) is 0.801. The largest absolute Gasteiger partial charge is 0.490 e. The molecular formula is C32H32INO3. The Hall–Kier alpha value is -2.90.